The molecule has 1 aromatic carbocycles. The van der Waals surface area contributed by atoms with Crippen LogP contribution in [0.25, 0.3) is 10.9 Å². The standard InChI is InChI=1S/C18H26N2/c1-3-14-8-9-18-17(12-14)16(13(2)20-18)10-11-19-15-6-4-5-7-15/h8-9,12,15,19-20H,3-7,10-11H2,1-2H3. The van der Waals surface area contributed by atoms with Crippen LogP contribution >= 0.6 is 0 Å². The van der Waals surface area contributed by atoms with E-state index < -0.39 is 0 Å². The van der Waals surface area contributed by atoms with Gasteiger partial charge in [0, 0.05) is 22.6 Å². The Labute approximate surface area is 122 Å². The highest BCUT2D eigenvalue weighted by atomic mass is 14.9. The van der Waals surface area contributed by atoms with Crippen molar-refractivity contribution in [1.29, 1.82) is 0 Å². The van der Waals surface area contributed by atoms with Crippen LogP contribution in [0.1, 0.15) is 49.4 Å². The van der Waals surface area contributed by atoms with Gasteiger partial charge in [0.05, 0.1) is 0 Å². The number of nitrogens with one attached hydrogen (secondary N) is 2. The van der Waals surface area contributed by atoms with E-state index in [0.717, 1.165) is 25.4 Å². The van der Waals surface area contributed by atoms with E-state index in [1.54, 1.807) is 0 Å². The molecule has 2 heteroatoms. The summed E-state index contributed by atoms with van der Waals surface area (Å²) in [5, 5.41) is 5.15. The fourth-order valence-corrected chi connectivity index (χ4v) is 3.50. The van der Waals surface area contributed by atoms with Crippen molar-refractivity contribution in [2.24, 2.45) is 0 Å². The van der Waals surface area contributed by atoms with Gasteiger partial charge in [0.15, 0.2) is 0 Å². The second-order valence-corrected chi connectivity index (χ2v) is 6.15. The van der Waals surface area contributed by atoms with Crippen LogP contribution in [0, 0.1) is 6.92 Å². The molecule has 0 aliphatic heterocycles. The summed E-state index contributed by atoms with van der Waals surface area (Å²) >= 11 is 0. The molecule has 2 nitrogen and oxygen atoms in total. The van der Waals surface area contributed by atoms with E-state index in [0.29, 0.717) is 0 Å². The number of H-pyrrole nitrogens is 1. The summed E-state index contributed by atoms with van der Waals surface area (Å²) in [6.07, 6.45) is 7.79. The quantitative estimate of drug-likeness (QED) is 0.840. The summed E-state index contributed by atoms with van der Waals surface area (Å²) in [5.41, 5.74) is 5.55. The van der Waals surface area contributed by atoms with Crippen molar-refractivity contribution in [3.05, 3.63) is 35.0 Å². The van der Waals surface area contributed by atoms with Crippen LogP contribution in [-0.2, 0) is 12.8 Å². The minimum absolute atomic E-state index is 0.770. The molecule has 1 aromatic heterocycles. The Bertz CT molecular complexity index is 576. The lowest BCUT2D eigenvalue weighted by Crippen LogP contribution is -2.28. The largest absolute Gasteiger partial charge is 0.358 e. The zero-order valence-electron chi connectivity index (χ0n) is 12.8. The predicted molar refractivity (Wildman–Crippen MR) is 86.4 cm³/mol. The molecule has 0 saturated heterocycles. The van der Waals surface area contributed by atoms with Crippen molar-refractivity contribution in [3.63, 3.8) is 0 Å². The Morgan fingerprint density at radius 1 is 1.25 bits per heavy atom. The van der Waals surface area contributed by atoms with Gasteiger partial charge in [0.1, 0.15) is 0 Å². The van der Waals surface area contributed by atoms with E-state index in [1.165, 1.54) is 53.4 Å². The van der Waals surface area contributed by atoms with E-state index in [9.17, 15) is 0 Å². The maximum atomic E-state index is 3.73. The van der Waals surface area contributed by atoms with Gasteiger partial charge in [-0.25, -0.2) is 0 Å². The molecule has 0 atom stereocenters. The summed E-state index contributed by atoms with van der Waals surface area (Å²) in [6.45, 7) is 5.54. The third-order valence-electron chi connectivity index (χ3n) is 4.76. The van der Waals surface area contributed by atoms with E-state index in [-0.39, 0.29) is 0 Å². The van der Waals surface area contributed by atoms with Crippen LogP contribution in [0.15, 0.2) is 18.2 Å². The molecule has 1 heterocycles. The van der Waals surface area contributed by atoms with E-state index in [1.807, 2.05) is 0 Å². The van der Waals surface area contributed by atoms with Crippen molar-refractivity contribution in [1.82, 2.24) is 10.3 Å². The van der Waals surface area contributed by atoms with Gasteiger partial charge in [-0.1, -0.05) is 25.8 Å². The van der Waals surface area contributed by atoms with Crippen molar-refractivity contribution in [3.8, 4) is 0 Å². The number of aromatic amines is 1. The molecule has 1 aliphatic carbocycles. The summed E-state index contributed by atoms with van der Waals surface area (Å²) in [4.78, 5) is 3.53. The maximum absolute atomic E-state index is 3.73. The minimum atomic E-state index is 0.770. The number of hydrogen-bond donors (Lipinski definition) is 2. The molecule has 2 N–H and O–H groups in total. The number of rotatable bonds is 5. The first-order chi connectivity index (χ1) is 9.78. The first-order valence-corrected chi connectivity index (χ1v) is 8.11. The van der Waals surface area contributed by atoms with Crippen LogP contribution in [0.2, 0.25) is 0 Å². The lowest BCUT2D eigenvalue weighted by Gasteiger charge is -2.11. The average Bonchev–Trinajstić information content (AvgIpc) is 3.07. The Kier molecular flexibility index (Phi) is 4.11. The lowest BCUT2D eigenvalue weighted by molar-refractivity contribution is 0.528. The van der Waals surface area contributed by atoms with Gasteiger partial charge in [-0.3, -0.25) is 0 Å². The van der Waals surface area contributed by atoms with Crippen molar-refractivity contribution >= 4 is 10.9 Å². The molecule has 20 heavy (non-hydrogen) atoms. The zero-order chi connectivity index (χ0) is 13.9. The molecular formula is C18H26N2. The molecule has 0 radical (unpaired) electrons. The molecule has 0 amide bonds. The average molecular weight is 270 g/mol. The van der Waals surface area contributed by atoms with Gasteiger partial charge in [-0.05, 0) is 62.4 Å². The van der Waals surface area contributed by atoms with Gasteiger partial charge < -0.3 is 10.3 Å². The monoisotopic (exact) mass is 270 g/mol. The Morgan fingerprint density at radius 2 is 2.05 bits per heavy atom. The Balaban J connectivity index is 1.73. The third kappa shape index (κ3) is 2.76. The number of aryl methyl sites for hydroxylation is 2. The van der Waals surface area contributed by atoms with Crippen molar-refractivity contribution in [2.45, 2.75) is 58.4 Å². The van der Waals surface area contributed by atoms with Crippen molar-refractivity contribution in [2.75, 3.05) is 6.54 Å². The van der Waals surface area contributed by atoms with Crippen LogP contribution in [0.3, 0.4) is 0 Å². The number of benzene rings is 1. The second kappa shape index (κ2) is 6.01. The molecular weight excluding hydrogens is 244 g/mol. The fraction of sp³-hybridized carbons (Fsp3) is 0.556. The smallest absolute Gasteiger partial charge is 0.0459 e. The summed E-state index contributed by atoms with van der Waals surface area (Å²) in [6, 6.07) is 7.60. The lowest BCUT2D eigenvalue weighted by atomic mass is 10.0. The first kappa shape index (κ1) is 13.7. The van der Waals surface area contributed by atoms with Crippen LogP contribution in [0.4, 0.5) is 0 Å². The van der Waals surface area contributed by atoms with Gasteiger partial charge in [0.2, 0.25) is 0 Å². The fourth-order valence-electron chi connectivity index (χ4n) is 3.50. The molecule has 1 fully saturated rings. The number of aromatic nitrogens is 1. The Morgan fingerprint density at radius 3 is 2.80 bits per heavy atom. The summed E-state index contributed by atoms with van der Waals surface area (Å²) < 4.78 is 0. The molecule has 1 aliphatic rings. The summed E-state index contributed by atoms with van der Waals surface area (Å²) in [5.74, 6) is 0. The van der Waals surface area contributed by atoms with Crippen LogP contribution in [0.5, 0.6) is 0 Å². The van der Waals surface area contributed by atoms with E-state index >= 15 is 0 Å². The van der Waals surface area contributed by atoms with Crippen LogP contribution < -0.4 is 5.32 Å². The second-order valence-electron chi connectivity index (χ2n) is 6.15. The molecule has 1 saturated carbocycles. The molecule has 108 valence electrons. The molecule has 0 unspecified atom stereocenters. The Hall–Kier alpha value is -1.28. The predicted octanol–water partition coefficient (Wildman–Crippen LogP) is 4.11. The van der Waals surface area contributed by atoms with Crippen molar-refractivity contribution < 1.29 is 0 Å². The highest BCUT2D eigenvalue weighted by Crippen LogP contribution is 2.24. The normalized spacial score (nSPS) is 16.3. The zero-order valence-corrected chi connectivity index (χ0v) is 12.8. The van der Waals surface area contributed by atoms with Gasteiger partial charge in [0.25, 0.3) is 0 Å². The number of fused-ring (bicyclic) bond motifs is 1. The van der Waals surface area contributed by atoms with Crippen LogP contribution in [-0.4, -0.2) is 17.6 Å². The SMILES string of the molecule is CCc1ccc2[nH]c(C)c(CCNC3CCCC3)c2c1. The molecule has 3 rings (SSSR count). The maximum Gasteiger partial charge on any atom is 0.0459 e. The number of hydrogen-bond acceptors (Lipinski definition) is 1. The topological polar surface area (TPSA) is 27.8 Å². The highest BCUT2D eigenvalue weighted by molar-refractivity contribution is 5.85. The summed E-state index contributed by atoms with van der Waals surface area (Å²) in [7, 11) is 0. The van der Waals surface area contributed by atoms with E-state index in [2.05, 4.69) is 42.3 Å². The van der Waals surface area contributed by atoms with Gasteiger partial charge in [-0.15, -0.1) is 0 Å². The first-order valence-electron chi connectivity index (χ1n) is 8.11. The van der Waals surface area contributed by atoms with E-state index in [4.69, 9.17) is 0 Å². The third-order valence-corrected chi connectivity index (χ3v) is 4.76. The molecule has 2 aromatic rings. The molecule has 0 spiro atoms. The molecule has 0 bridgehead atoms. The van der Waals surface area contributed by atoms with Gasteiger partial charge in [-0.2, -0.15) is 0 Å². The minimum Gasteiger partial charge on any atom is -0.358 e. The highest BCUT2D eigenvalue weighted by Gasteiger charge is 2.14. The van der Waals surface area contributed by atoms with Gasteiger partial charge >= 0.3 is 0 Å².